The molecule has 0 N–H and O–H groups in total. The minimum atomic E-state index is 0.214. The Bertz CT molecular complexity index is 673. The van der Waals surface area contributed by atoms with Gasteiger partial charge < -0.3 is 4.90 Å². The number of pyridine rings is 1. The Balaban J connectivity index is 1.92. The third-order valence-corrected chi connectivity index (χ3v) is 5.09. The van der Waals surface area contributed by atoms with Crippen molar-refractivity contribution in [3.05, 3.63) is 47.7 Å². The van der Waals surface area contributed by atoms with Crippen LogP contribution in [0.25, 0.3) is 0 Å². The molecule has 0 amide bonds. The van der Waals surface area contributed by atoms with Crippen molar-refractivity contribution in [2.75, 3.05) is 11.4 Å². The fourth-order valence-corrected chi connectivity index (χ4v) is 3.88. The van der Waals surface area contributed by atoms with E-state index in [0.717, 1.165) is 18.1 Å². The average molecular weight is 312 g/mol. The quantitative estimate of drug-likeness (QED) is 0.694. The smallest absolute Gasteiger partial charge is 0.133 e. The van der Waals surface area contributed by atoms with Crippen LogP contribution in [0.1, 0.15) is 38.4 Å². The summed E-state index contributed by atoms with van der Waals surface area (Å²) in [6.45, 7) is 9.90. The third kappa shape index (κ3) is 3.30. The lowest BCUT2D eigenvalue weighted by molar-refractivity contribution is 0.757. The van der Waals surface area contributed by atoms with Crippen molar-refractivity contribution in [2.24, 2.45) is 0 Å². The zero-order valence-corrected chi connectivity index (χ0v) is 14.7. The Morgan fingerprint density at radius 3 is 2.59 bits per heavy atom. The Morgan fingerprint density at radius 1 is 1.09 bits per heavy atom. The molecule has 1 aromatic heterocycles. The van der Waals surface area contributed by atoms with Crippen molar-refractivity contribution in [1.82, 2.24) is 4.98 Å². The van der Waals surface area contributed by atoms with E-state index < -0.39 is 0 Å². The number of thioether (sulfide) groups is 1. The number of rotatable bonds is 2. The van der Waals surface area contributed by atoms with Crippen LogP contribution in [0.4, 0.5) is 11.5 Å². The molecule has 116 valence electrons. The maximum absolute atomic E-state index is 4.88. The van der Waals surface area contributed by atoms with Gasteiger partial charge in [0.25, 0.3) is 0 Å². The molecule has 3 heteroatoms. The molecule has 0 atom stereocenters. The van der Waals surface area contributed by atoms with Crippen LogP contribution in [0.2, 0.25) is 0 Å². The highest BCUT2D eigenvalue weighted by Gasteiger charge is 2.20. The predicted molar refractivity (Wildman–Crippen MR) is 96.4 cm³/mol. The summed E-state index contributed by atoms with van der Waals surface area (Å²) in [6, 6.07) is 13.1. The highest BCUT2D eigenvalue weighted by molar-refractivity contribution is 8.00. The molecule has 0 saturated heterocycles. The van der Waals surface area contributed by atoms with Gasteiger partial charge in [-0.3, -0.25) is 0 Å². The van der Waals surface area contributed by atoms with Crippen LogP contribution in [-0.2, 0) is 6.42 Å². The Morgan fingerprint density at radius 2 is 1.86 bits per heavy atom. The molecule has 0 fully saturated rings. The Labute approximate surface area is 138 Å². The molecule has 2 heterocycles. The molecule has 1 aliphatic rings. The second kappa shape index (κ2) is 5.96. The van der Waals surface area contributed by atoms with Crippen LogP contribution >= 0.6 is 11.8 Å². The highest BCUT2D eigenvalue weighted by Crippen LogP contribution is 2.36. The Hall–Kier alpha value is -1.48. The molecule has 1 aliphatic heterocycles. The minimum Gasteiger partial charge on any atom is -0.326 e. The second-order valence-electron chi connectivity index (χ2n) is 6.85. The van der Waals surface area contributed by atoms with Crippen LogP contribution < -0.4 is 4.90 Å². The molecule has 3 rings (SSSR count). The first kappa shape index (κ1) is 15.4. The van der Waals surface area contributed by atoms with Gasteiger partial charge in [-0.15, -0.1) is 11.8 Å². The van der Waals surface area contributed by atoms with Gasteiger partial charge in [0.15, 0.2) is 0 Å². The summed E-state index contributed by atoms with van der Waals surface area (Å²) in [4.78, 5) is 8.52. The van der Waals surface area contributed by atoms with E-state index >= 15 is 0 Å². The lowest BCUT2D eigenvalue weighted by Gasteiger charge is -2.31. The van der Waals surface area contributed by atoms with Gasteiger partial charge in [-0.2, -0.15) is 0 Å². The first-order valence-electron chi connectivity index (χ1n) is 7.96. The van der Waals surface area contributed by atoms with Gasteiger partial charge in [-0.25, -0.2) is 4.98 Å². The van der Waals surface area contributed by atoms with Crippen molar-refractivity contribution in [1.29, 1.82) is 0 Å². The largest absolute Gasteiger partial charge is 0.326 e. The molecule has 0 saturated carbocycles. The third-order valence-electron chi connectivity index (χ3n) is 3.83. The molecule has 2 nitrogen and oxygen atoms in total. The van der Waals surface area contributed by atoms with Crippen LogP contribution in [0, 0.1) is 6.92 Å². The maximum atomic E-state index is 4.88. The number of fused-ring (bicyclic) bond motifs is 1. The predicted octanol–water partition coefficient (Wildman–Crippen LogP) is 5.36. The van der Waals surface area contributed by atoms with Gasteiger partial charge in [0.2, 0.25) is 0 Å². The lowest BCUT2D eigenvalue weighted by Crippen LogP contribution is -2.25. The number of aromatic nitrogens is 1. The standard InChI is InChI=1S/C19H24N2S/c1-14-17(22-19(2,3)4)11-12-18(20-14)21-13-7-9-15-8-5-6-10-16(15)21/h5-6,8,10-12H,7,9,13H2,1-4H3. The molecule has 2 aromatic rings. The first-order chi connectivity index (χ1) is 10.4. The summed E-state index contributed by atoms with van der Waals surface area (Å²) in [5, 5.41) is 0. The normalized spacial score (nSPS) is 14.8. The fourth-order valence-electron chi connectivity index (χ4n) is 2.89. The number of hydrogen-bond acceptors (Lipinski definition) is 3. The average Bonchev–Trinajstić information content (AvgIpc) is 2.47. The molecule has 0 unspecified atom stereocenters. The van der Waals surface area contributed by atoms with E-state index in [2.05, 4.69) is 69.0 Å². The molecule has 0 bridgehead atoms. The van der Waals surface area contributed by atoms with E-state index in [9.17, 15) is 0 Å². The number of nitrogens with zero attached hydrogens (tertiary/aromatic N) is 2. The summed E-state index contributed by atoms with van der Waals surface area (Å²) in [5.41, 5.74) is 3.87. The van der Waals surface area contributed by atoms with Gasteiger partial charge in [-0.05, 0) is 43.5 Å². The van der Waals surface area contributed by atoms with E-state index in [0.29, 0.717) is 0 Å². The summed E-state index contributed by atoms with van der Waals surface area (Å²) in [6.07, 6.45) is 2.36. The summed E-state index contributed by atoms with van der Waals surface area (Å²) < 4.78 is 0.214. The molecule has 0 spiro atoms. The van der Waals surface area contributed by atoms with Gasteiger partial charge >= 0.3 is 0 Å². The maximum Gasteiger partial charge on any atom is 0.133 e. The molecule has 22 heavy (non-hydrogen) atoms. The number of benzene rings is 1. The van der Waals surface area contributed by atoms with E-state index in [1.807, 2.05) is 11.8 Å². The molecular weight excluding hydrogens is 288 g/mol. The zero-order valence-electron chi connectivity index (χ0n) is 13.9. The van der Waals surface area contributed by atoms with Crippen LogP contribution in [0.3, 0.4) is 0 Å². The Kier molecular flexibility index (Phi) is 4.18. The monoisotopic (exact) mass is 312 g/mol. The number of hydrogen-bond donors (Lipinski definition) is 0. The van der Waals surface area contributed by atoms with E-state index in [1.165, 1.54) is 29.0 Å². The number of para-hydroxylation sites is 1. The molecule has 1 aromatic carbocycles. The van der Waals surface area contributed by atoms with E-state index in [4.69, 9.17) is 4.98 Å². The molecule has 0 radical (unpaired) electrons. The van der Waals surface area contributed by atoms with Crippen LogP contribution in [0.15, 0.2) is 41.3 Å². The van der Waals surface area contributed by atoms with Crippen molar-refractivity contribution in [3.63, 3.8) is 0 Å². The number of aryl methyl sites for hydroxylation is 2. The van der Waals surface area contributed by atoms with E-state index in [1.54, 1.807) is 0 Å². The van der Waals surface area contributed by atoms with Crippen molar-refractivity contribution < 1.29 is 0 Å². The topological polar surface area (TPSA) is 16.1 Å². The van der Waals surface area contributed by atoms with Gasteiger partial charge in [-0.1, -0.05) is 39.0 Å². The van der Waals surface area contributed by atoms with Crippen molar-refractivity contribution >= 4 is 23.3 Å². The van der Waals surface area contributed by atoms with E-state index in [-0.39, 0.29) is 4.75 Å². The fraction of sp³-hybridized carbons (Fsp3) is 0.421. The van der Waals surface area contributed by atoms with Crippen LogP contribution in [-0.4, -0.2) is 16.3 Å². The first-order valence-corrected chi connectivity index (χ1v) is 8.78. The lowest BCUT2D eigenvalue weighted by atomic mass is 10.0. The highest BCUT2D eigenvalue weighted by atomic mass is 32.2. The molecule has 0 aliphatic carbocycles. The second-order valence-corrected chi connectivity index (χ2v) is 8.72. The van der Waals surface area contributed by atoms with Crippen molar-refractivity contribution in [2.45, 2.75) is 50.2 Å². The summed E-state index contributed by atoms with van der Waals surface area (Å²) in [5.74, 6) is 1.07. The van der Waals surface area contributed by atoms with Crippen LogP contribution in [0.5, 0.6) is 0 Å². The zero-order chi connectivity index (χ0) is 15.7. The van der Waals surface area contributed by atoms with Crippen molar-refractivity contribution in [3.8, 4) is 0 Å². The van der Waals surface area contributed by atoms with Gasteiger partial charge in [0.1, 0.15) is 5.82 Å². The van der Waals surface area contributed by atoms with Gasteiger partial charge in [0.05, 0.1) is 5.69 Å². The SMILES string of the molecule is Cc1nc(N2CCCc3ccccc32)ccc1SC(C)(C)C. The summed E-state index contributed by atoms with van der Waals surface area (Å²) >= 11 is 1.89. The number of anilines is 2. The minimum absolute atomic E-state index is 0.214. The summed E-state index contributed by atoms with van der Waals surface area (Å²) in [7, 11) is 0. The van der Waals surface area contributed by atoms with Gasteiger partial charge in [0, 0.05) is 21.9 Å². The molecular formula is C19H24N2S.